The van der Waals surface area contributed by atoms with E-state index in [9.17, 15) is 4.79 Å². The molecule has 4 nitrogen and oxygen atoms in total. The van der Waals surface area contributed by atoms with Crippen LogP contribution in [0.3, 0.4) is 0 Å². The Morgan fingerprint density at radius 3 is 2.44 bits per heavy atom. The number of carbonyl (C=O) groups is 1. The lowest BCUT2D eigenvalue weighted by Gasteiger charge is -2.07. The molecule has 5 heteroatoms. The van der Waals surface area contributed by atoms with E-state index < -0.39 is 0 Å². The van der Waals surface area contributed by atoms with Crippen molar-refractivity contribution in [2.75, 3.05) is 12.0 Å². The molecule has 1 aromatic carbocycles. The van der Waals surface area contributed by atoms with Crippen LogP contribution in [-0.2, 0) is 9.53 Å². The number of esters is 1. The Morgan fingerprint density at radius 1 is 1.16 bits per heavy atom. The van der Waals surface area contributed by atoms with E-state index in [1.807, 2.05) is 18.2 Å². The van der Waals surface area contributed by atoms with Gasteiger partial charge in [0.2, 0.25) is 0 Å². The Labute approximate surface area is 156 Å². The first-order valence-corrected chi connectivity index (χ1v) is 9.41. The van der Waals surface area contributed by atoms with Crippen LogP contribution in [-0.4, -0.2) is 18.3 Å². The topological polar surface area (TPSA) is 50.7 Å². The number of hydrogen-bond acceptors (Lipinski definition) is 4. The van der Waals surface area contributed by atoms with Crippen LogP contribution in [0, 0.1) is 0 Å². The summed E-state index contributed by atoms with van der Waals surface area (Å²) in [7, 11) is 0. The highest BCUT2D eigenvalue weighted by atomic mass is 35.5. The van der Waals surface area contributed by atoms with Gasteiger partial charge in [-0.1, -0.05) is 43.4 Å². The van der Waals surface area contributed by atoms with E-state index in [2.05, 4.69) is 17.1 Å². The number of hydrazone groups is 1. The number of ether oxygens (including phenoxy) is 1. The first-order chi connectivity index (χ1) is 12.2. The Kier molecular flexibility index (Phi) is 11.4. The largest absolute Gasteiger partial charge is 0.461 e. The molecule has 0 radical (unpaired) electrons. The van der Waals surface area contributed by atoms with E-state index in [-0.39, 0.29) is 5.97 Å². The molecular formula is C20H29ClN2O2. The number of hydrogen-bond donors (Lipinski definition) is 1. The van der Waals surface area contributed by atoms with Gasteiger partial charge in [0.15, 0.2) is 0 Å². The molecule has 0 unspecified atom stereocenters. The van der Waals surface area contributed by atoms with Crippen LogP contribution < -0.4 is 5.43 Å². The van der Waals surface area contributed by atoms with E-state index in [4.69, 9.17) is 16.3 Å². The second kappa shape index (κ2) is 13.5. The Balaban J connectivity index is 2.41. The minimum atomic E-state index is -0.352. The monoisotopic (exact) mass is 364 g/mol. The van der Waals surface area contributed by atoms with Crippen molar-refractivity contribution >= 4 is 29.0 Å². The summed E-state index contributed by atoms with van der Waals surface area (Å²) >= 11 is 5.86. The van der Waals surface area contributed by atoms with Crippen LogP contribution in [0.1, 0.15) is 58.3 Å². The van der Waals surface area contributed by atoms with Gasteiger partial charge < -0.3 is 4.74 Å². The molecule has 0 heterocycles. The minimum absolute atomic E-state index is 0.349. The molecular weight excluding hydrogens is 336 g/mol. The summed E-state index contributed by atoms with van der Waals surface area (Å²) in [6.07, 6.45) is 10.6. The zero-order valence-electron chi connectivity index (χ0n) is 15.1. The summed E-state index contributed by atoms with van der Waals surface area (Å²) in [4.78, 5) is 12.0. The van der Waals surface area contributed by atoms with Crippen molar-refractivity contribution in [3.8, 4) is 0 Å². The Hall–Kier alpha value is -1.81. The van der Waals surface area contributed by atoms with Crippen molar-refractivity contribution in [2.24, 2.45) is 5.10 Å². The fraction of sp³-hybridized carbons (Fsp3) is 0.500. The molecule has 1 N–H and O–H groups in total. The number of anilines is 1. The van der Waals surface area contributed by atoms with E-state index in [1.54, 1.807) is 19.1 Å². The number of carbonyl (C=O) groups excluding carboxylic acids is 1. The molecule has 0 aliphatic rings. The van der Waals surface area contributed by atoms with Gasteiger partial charge in [0.25, 0.3) is 0 Å². The maximum atomic E-state index is 12.0. The van der Waals surface area contributed by atoms with Crippen LogP contribution in [0.4, 0.5) is 5.69 Å². The molecule has 0 saturated carbocycles. The summed E-state index contributed by atoms with van der Waals surface area (Å²) in [5.74, 6) is -0.352. The highest BCUT2D eigenvalue weighted by Gasteiger charge is 2.12. The smallest absolute Gasteiger partial charge is 0.354 e. The zero-order valence-corrected chi connectivity index (χ0v) is 15.9. The van der Waals surface area contributed by atoms with Crippen molar-refractivity contribution in [3.63, 3.8) is 0 Å². The van der Waals surface area contributed by atoms with Crippen molar-refractivity contribution < 1.29 is 9.53 Å². The van der Waals surface area contributed by atoms with Crippen molar-refractivity contribution in [1.82, 2.24) is 0 Å². The number of rotatable bonds is 13. The summed E-state index contributed by atoms with van der Waals surface area (Å²) < 4.78 is 5.09. The predicted octanol–water partition coefficient (Wildman–Crippen LogP) is 5.98. The van der Waals surface area contributed by atoms with Crippen LogP contribution in [0.2, 0.25) is 5.02 Å². The van der Waals surface area contributed by atoms with Gasteiger partial charge in [-0.15, -0.1) is 6.58 Å². The lowest BCUT2D eigenvalue weighted by Crippen LogP contribution is -2.19. The van der Waals surface area contributed by atoms with Gasteiger partial charge in [0.05, 0.1) is 12.3 Å². The van der Waals surface area contributed by atoms with Crippen LogP contribution >= 0.6 is 11.6 Å². The fourth-order valence-electron chi connectivity index (χ4n) is 2.36. The molecule has 1 aromatic rings. The highest BCUT2D eigenvalue weighted by Crippen LogP contribution is 2.14. The predicted molar refractivity (Wildman–Crippen MR) is 106 cm³/mol. The van der Waals surface area contributed by atoms with E-state index in [0.717, 1.165) is 24.9 Å². The standard InChI is InChI=1S/C20H29ClN2O2/c1-3-5-6-7-8-9-10-11-12-19(20(24)25-4-2)23-22-18-15-13-17(21)14-16-18/h3,13-16,22H,1,4-12H2,2H3/b23-19-. The SMILES string of the molecule is C=CCCCCCCCC/C(=N/Nc1ccc(Cl)cc1)C(=O)OCC. The third-order valence-corrected chi connectivity index (χ3v) is 4.00. The molecule has 138 valence electrons. The third-order valence-electron chi connectivity index (χ3n) is 3.75. The Bertz CT molecular complexity index is 541. The van der Waals surface area contributed by atoms with Gasteiger partial charge in [-0.25, -0.2) is 4.79 Å². The number of nitrogens with one attached hydrogen (secondary N) is 1. The molecule has 0 saturated heterocycles. The average Bonchev–Trinajstić information content (AvgIpc) is 2.61. The number of halogens is 1. The highest BCUT2D eigenvalue weighted by molar-refractivity contribution is 6.36. The summed E-state index contributed by atoms with van der Waals surface area (Å²) in [6.45, 7) is 5.88. The van der Waals surface area contributed by atoms with Crippen molar-refractivity contribution in [3.05, 3.63) is 41.9 Å². The molecule has 0 atom stereocenters. The van der Waals surface area contributed by atoms with Gasteiger partial charge in [-0.05, 0) is 56.9 Å². The maximum absolute atomic E-state index is 12.0. The molecule has 0 aromatic heterocycles. The van der Waals surface area contributed by atoms with Gasteiger partial charge in [0.1, 0.15) is 5.71 Å². The fourth-order valence-corrected chi connectivity index (χ4v) is 2.49. The lowest BCUT2D eigenvalue weighted by molar-refractivity contribution is -0.135. The minimum Gasteiger partial charge on any atom is -0.461 e. The molecule has 0 amide bonds. The van der Waals surface area contributed by atoms with E-state index in [0.29, 0.717) is 23.8 Å². The molecule has 25 heavy (non-hydrogen) atoms. The maximum Gasteiger partial charge on any atom is 0.354 e. The van der Waals surface area contributed by atoms with Gasteiger partial charge in [0, 0.05) is 5.02 Å². The summed E-state index contributed by atoms with van der Waals surface area (Å²) in [6, 6.07) is 7.18. The van der Waals surface area contributed by atoms with Gasteiger partial charge in [-0.3, -0.25) is 5.43 Å². The normalized spacial score (nSPS) is 11.2. The zero-order chi connectivity index (χ0) is 18.3. The molecule has 0 bridgehead atoms. The van der Waals surface area contributed by atoms with Gasteiger partial charge in [-0.2, -0.15) is 5.10 Å². The summed E-state index contributed by atoms with van der Waals surface area (Å²) in [5.41, 5.74) is 4.12. The molecule has 0 aliphatic heterocycles. The number of unbranched alkanes of at least 4 members (excludes halogenated alkanes) is 6. The molecule has 1 rings (SSSR count). The van der Waals surface area contributed by atoms with E-state index >= 15 is 0 Å². The van der Waals surface area contributed by atoms with Crippen LogP contribution in [0.5, 0.6) is 0 Å². The van der Waals surface area contributed by atoms with E-state index in [1.165, 1.54) is 25.7 Å². The Morgan fingerprint density at radius 2 is 1.80 bits per heavy atom. The van der Waals surface area contributed by atoms with Crippen LogP contribution in [0.15, 0.2) is 42.0 Å². The third kappa shape index (κ3) is 9.92. The first kappa shape index (κ1) is 21.2. The number of benzene rings is 1. The lowest BCUT2D eigenvalue weighted by atomic mass is 10.1. The van der Waals surface area contributed by atoms with Crippen molar-refractivity contribution in [2.45, 2.75) is 58.3 Å². The molecule has 0 spiro atoms. The summed E-state index contributed by atoms with van der Waals surface area (Å²) in [5, 5.41) is 4.90. The second-order valence-corrected chi connectivity index (χ2v) is 6.28. The van der Waals surface area contributed by atoms with Crippen LogP contribution in [0.25, 0.3) is 0 Å². The second-order valence-electron chi connectivity index (χ2n) is 5.85. The van der Waals surface area contributed by atoms with Crippen molar-refractivity contribution in [1.29, 1.82) is 0 Å². The quantitative estimate of drug-likeness (QED) is 0.154. The average molecular weight is 365 g/mol. The number of nitrogens with zero attached hydrogens (tertiary/aromatic N) is 1. The molecule has 0 aliphatic carbocycles. The molecule has 0 fully saturated rings. The first-order valence-electron chi connectivity index (χ1n) is 9.03. The number of allylic oxidation sites excluding steroid dienone is 1. The van der Waals surface area contributed by atoms with Gasteiger partial charge >= 0.3 is 5.97 Å².